The van der Waals surface area contributed by atoms with E-state index in [-0.39, 0.29) is 19.0 Å². The van der Waals surface area contributed by atoms with E-state index in [2.05, 4.69) is 10.00 Å². The molecule has 2 aromatic carbocycles. The molecule has 0 aliphatic carbocycles. The number of rotatable bonds is 11. The molecule has 1 atom stereocenters. The van der Waals surface area contributed by atoms with E-state index in [1.54, 1.807) is 19.2 Å². The first kappa shape index (κ1) is 25.9. The maximum Gasteiger partial charge on any atom is 0.161 e. The summed E-state index contributed by atoms with van der Waals surface area (Å²) in [5, 5.41) is 15.5. The van der Waals surface area contributed by atoms with E-state index in [9.17, 15) is 9.50 Å². The molecule has 194 valence electrons. The smallest absolute Gasteiger partial charge is 0.161 e. The van der Waals surface area contributed by atoms with E-state index in [1.807, 2.05) is 42.2 Å². The Morgan fingerprint density at radius 3 is 2.72 bits per heavy atom. The predicted molar refractivity (Wildman–Crippen MR) is 133 cm³/mol. The Kier molecular flexibility index (Phi) is 8.79. The Morgan fingerprint density at radius 2 is 1.97 bits per heavy atom. The molecule has 1 N–H and O–H groups in total. The van der Waals surface area contributed by atoms with Gasteiger partial charge in [0.25, 0.3) is 0 Å². The number of benzene rings is 2. The number of nitrogens with zero attached hydrogens (tertiary/aromatic N) is 3. The van der Waals surface area contributed by atoms with Crippen LogP contribution in [0.15, 0.2) is 54.9 Å². The fourth-order valence-electron chi connectivity index (χ4n) is 4.16. The Labute approximate surface area is 211 Å². The molecule has 1 fully saturated rings. The molecular weight excluding hydrogens is 465 g/mol. The number of hydrogen-bond donors (Lipinski definition) is 1. The van der Waals surface area contributed by atoms with Gasteiger partial charge in [-0.1, -0.05) is 6.07 Å². The summed E-state index contributed by atoms with van der Waals surface area (Å²) in [6.07, 6.45) is 4.67. The number of aromatic nitrogens is 2. The molecule has 0 bridgehead atoms. The number of methoxy groups -OCH3 is 1. The van der Waals surface area contributed by atoms with Crippen molar-refractivity contribution in [2.24, 2.45) is 0 Å². The highest BCUT2D eigenvalue weighted by atomic mass is 19.1. The van der Waals surface area contributed by atoms with Crippen LogP contribution in [0.25, 0.3) is 0 Å². The van der Waals surface area contributed by atoms with Gasteiger partial charge >= 0.3 is 0 Å². The molecule has 1 aromatic heterocycles. The van der Waals surface area contributed by atoms with Crippen molar-refractivity contribution in [3.63, 3.8) is 0 Å². The summed E-state index contributed by atoms with van der Waals surface area (Å²) in [7, 11) is 1.63. The second-order valence-electron chi connectivity index (χ2n) is 9.20. The van der Waals surface area contributed by atoms with E-state index in [1.165, 1.54) is 12.1 Å². The van der Waals surface area contributed by atoms with Crippen molar-refractivity contribution in [1.29, 1.82) is 0 Å². The van der Waals surface area contributed by atoms with Gasteiger partial charge in [0.05, 0.1) is 33.1 Å². The van der Waals surface area contributed by atoms with Crippen LogP contribution in [0.3, 0.4) is 0 Å². The molecule has 1 unspecified atom stereocenters. The molecular formula is C27H34FN3O5. The molecule has 0 spiro atoms. The minimum atomic E-state index is -1.19. The van der Waals surface area contributed by atoms with Gasteiger partial charge in [-0.2, -0.15) is 5.10 Å². The maximum atomic E-state index is 13.2. The van der Waals surface area contributed by atoms with Gasteiger partial charge in [-0.15, -0.1) is 0 Å². The van der Waals surface area contributed by atoms with Gasteiger partial charge in [0.15, 0.2) is 11.5 Å². The fraction of sp³-hybridized carbons (Fsp3) is 0.444. The van der Waals surface area contributed by atoms with Crippen LogP contribution in [-0.2, 0) is 17.8 Å². The minimum Gasteiger partial charge on any atom is -0.493 e. The van der Waals surface area contributed by atoms with Crippen molar-refractivity contribution >= 4 is 0 Å². The zero-order chi connectivity index (χ0) is 25.4. The summed E-state index contributed by atoms with van der Waals surface area (Å²) >= 11 is 0. The normalized spacial score (nSPS) is 18.6. The molecule has 36 heavy (non-hydrogen) atoms. The molecule has 8 nitrogen and oxygen atoms in total. The summed E-state index contributed by atoms with van der Waals surface area (Å²) in [5.41, 5.74) is 0.983. The van der Waals surface area contributed by atoms with E-state index < -0.39 is 5.60 Å². The Balaban J connectivity index is 1.34. The van der Waals surface area contributed by atoms with Crippen molar-refractivity contribution in [2.75, 3.05) is 46.6 Å². The standard InChI is InChI=1S/C27H34FN3O5/c1-21-15-29-31(16-21)10-3-12-35-26-14-22(4-9-25(26)33-2)17-30-11-13-34-19-27(32,18-30)20-36-24-7-5-23(28)6-8-24/h4-9,14-16,32H,3,10-13,17-20H2,1-2H3. The quantitative estimate of drug-likeness (QED) is 0.405. The number of hydrogen-bond acceptors (Lipinski definition) is 7. The molecule has 4 rings (SSSR count). The zero-order valence-electron chi connectivity index (χ0n) is 20.9. The number of aryl methyl sites for hydroxylation is 2. The Hall–Kier alpha value is -3.14. The molecule has 1 aliphatic rings. The van der Waals surface area contributed by atoms with Crippen LogP contribution in [-0.4, -0.2) is 72.0 Å². The zero-order valence-corrected chi connectivity index (χ0v) is 20.9. The number of β-amino-alcohol motifs (C(OH)–C–C–N with tert-alkyl or cyclic N) is 1. The van der Waals surface area contributed by atoms with Crippen molar-refractivity contribution in [1.82, 2.24) is 14.7 Å². The lowest BCUT2D eigenvalue weighted by Gasteiger charge is -2.30. The molecule has 1 aliphatic heterocycles. The van der Waals surface area contributed by atoms with Gasteiger partial charge in [-0.25, -0.2) is 4.39 Å². The summed E-state index contributed by atoms with van der Waals surface area (Å²) in [5.74, 6) is 1.53. The van der Waals surface area contributed by atoms with E-state index in [0.717, 1.165) is 24.1 Å². The molecule has 0 saturated carbocycles. The van der Waals surface area contributed by atoms with E-state index >= 15 is 0 Å². The van der Waals surface area contributed by atoms with E-state index in [4.69, 9.17) is 18.9 Å². The summed E-state index contributed by atoms with van der Waals surface area (Å²) in [6, 6.07) is 11.6. The molecule has 1 saturated heterocycles. The maximum absolute atomic E-state index is 13.2. The van der Waals surface area contributed by atoms with Crippen LogP contribution in [0.1, 0.15) is 17.5 Å². The van der Waals surface area contributed by atoms with Crippen LogP contribution in [0.5, 0.6) is 17.2 Å². The molecule has 0 amide bonds. The third kappa shape index (κ3) is 7.43. The van der Waals surface area contributed by atoms with Gasteiger partial charge < -0.3 is 24.1 Å². The SMILES string of the molecule is COc1ccc(CN2CCOCC(O)(COc3ccc(F)cc3)C2)cc1OCCCn1cc(C)cn1. The topological polar surface area (TPSA) is 78.2 Å². The van der Waals surface area contributed by atoms with Crippen molar-refractivity contribution < 1.29 is 28.4 Å². The summed E-state index contributed by atoms with van der Waals surface area (Å²) < 4.78 is 38.0. The van der Waals surface area contributed by atoms with Gasteiger partial charge in [-0.3, -0.25) is 9.58 Å². The molecule has 0 radical (unpaired) electrons. The predicted octanol–water partition coefficient (Wildman–Crippen LogP) is 3.45. The third-order valence-corrected chi connectivity index (χ3v) is 5.95. The van der Waals surface area contributed by atoms with Gasteiger partial charge in [0, 0.05) is 38.8 Å². The number of aliphatic hydroxyl groups is 1. The second kappa shape index (κ2) is 12.2. The summed E-state index contributed by atoms with van der Waals surface area (Å²) in [4.78, 5) is 2.13. The van der Waals surface area contributed by atoms with Gasteiger partial charge in [0.2, 0.25) is 0 Å². The van der Waals surface area contributed by atoms with Gasteiger partial charge in [-0.05, 0) is 54.4 Å². The lowest BCUT2D eigenvalue weighted by molar-refractivity contribution is -0.0646. The van der Waals surface area contributed by atoms with Crippen molar-refractivity contribution in [3.05, 3.63) is 71.8 Å². The molecule has 9 heteroatoms. The minimum absolute atomic E-state index is 0.0435. The van der Waals surface area contributed by atoms with Crippen molar-refractivity contribution in [3.8, 4) is 17.2 Å². The third-order valence-electron chi connectivity index (χ3n) is 5.95. The van der Waals surface area contributed by atoms with Crippen molar-refractivity contribution in [2.45, 2.75) is 32.0 Å². The van der Waals surface area contributed by atoms with Crippen LogP contribution < -0.4 is 14.2 Å². The molecule has 2 heterocycles. The lowest BCUT2D eigenvalue weighted by Crippen LogP contribution is -2.48. The van der Waals surface area contributed by atoms with Gasteiger partial charge in [0.1, 0.15) is 23.8 Å². The lowest BCUT2D eigenvalue weighted by atomic mass is 10.1. The highest BCUT2D eigenvalue weighted by molar-refractivity contribution is 5.43. The summed E-state index contributed by atoms with van der Waals surface area (Å²) in [6.45, 7) is 5.70. The van der Waals surface area contributed by atoms with Crippen LogP contribution in [0.4, 0.5) is 4.39 Å². The number of halogens is 1. The molecule has 3 aromatic rings. The van der Waals surface area contributed by atoms with Crippen LogP contribution in [0, 0.1) is 12.7 Å². The van der Waals surface area contributed by atoms with E-state index in [0.29, 0.717) is 50.1 Å². The Bertz CT molecular complexity index is 1110. The average Bonchev–Trinajstić information content (AvgIpc) is 3.19. The Morgan fingerprint density at radius 1 is 1.14 bits per heavy atom. The monoisotopic (exact) mass is 499 g/mol. The van der Waals surface area contributed by atoms with Crippen LogP contribution in [0.2, 0.25) is 0 Å². The highest BCUT2D eigenvalue weighted by Crippen LogP contribution is 2.29. The highest BCUT2D eigenvalue weighted by Gasteiger charge is 2.33. The first-order valence-corrected chi connectivity index (χ1v) is 12.1. The first-order chi connectivity index (χ1) is 17.4. The van der Waals surface area contributed by atoms with Crippen LogP contribution >= 0.6 is 0 Å². The fourth-order valence-corrected chi connectivity index (χ4v) is 4.16. The number of ether oxygens (including phenoxy) is 4. The average molecular weight is 500 g/mol. The largest absolute Gasteiger partial charge is 0.493 e. The second-order valence-corrected chi connectivity index (χ2v) is 9.20. The first-order valence-electron chi connectivity index (χ1n) is 12.1.